The van der Waals surface area contributed by atoms with Gasteiger partial charge >= 0.3 is 0 Å². The first-order valence-corrected chi connectivity index (χ1v) is 6.48. The first-order chi connectivity index (χ1) is 10.5. The van der Waals surface area contributed by atoms with E-state index >= 15 is 0 Å². The lowest BCUT2D eigenvalue weighted by Gasteiger charge is -2.09. The molecule has 2 rings (SSSR count). The smallest absolute Gasteiger partial charge is 0.251 e. The molecule has 22 heavy (non-hydrogen) atoms. The van der Waals surface area contributed by atoms with Crippen LogP contribution in [0.5, 0.6) is 11.5 Å². The number of carbonyl (C=O) groups excluding carboxylic acids is 1. The predicted molar refractivity (Wildman–Crippen MR) is 77.1 cm³/mol. The van der Waals surface area contributed by atoms with E-state index in [4.69, 9.17) is 9.47 Å². The fourth-order valence-corrected chi connectivity index (χ4v) is 1.87. The Hall–Kier alpha value is -2.63. The normalized spacial score (nSPS) is 10.2. The Bertz CT molecular complexity index is 667. The fourth-order valence-electron chi connectivity index (χ4n) is 1.87. The van der Waals surface area contributed by atoms with Crippen molar-refractivity contribution in [1.82, 2.24) is 5.32 Å². The summed E-state index contributed by atoms with van der Waals surface area (Å²) in [5, 5.41) is 2.63. The van der Waals surface area contributed by atoms with E-state index in [0.29, 0.717) is 22.6 Å². The van der Waals surface area contributed by atoms with Crippen molar-refractivity contribution in [2.24, 2.45) is 0 Å². The maximum absolute atomic E-state index is 13.1. The summed E-state index contributed by atoms with van der Waals surface area (Å²) in [5.41, 5.74) is 0.806. The molecular formula is C16H15F2NO3. The number of hydrogen-bond donors (Lipinski definition) is 1. The molecule has 0 saturated heterocycles. The molecule has 116 valence electrons. The van der Waals surface area contributed by atoms with Crippen LogP contribution in [0.25, 0.3) is 0 Å². The number of nitrogens with one attached hydrogen (secondary N) is 1. The molecule has 2 aromatic rings. The van der Waals surface area contributed by atoms with Gasteiger partial charge in [0.25, 0.3) is 5.91 Å². The largest absolute Gasteiger partial charge is 0.497 e. The second kappa shape index (κ2) is 6.89. The highest BCUT2D eigenvalue weighted by Crippen LogP contribution is 2.22. The van der Waals surface area contributed by atoms with Crippen LogP contribution in [0.3, 0.4) is 0 Å². The lowest BCUT2D eigenvalue weighted by Crippen LogP contribution is -2.23. The minimum Gasteiger partial charge on any atom is -0.497 e. The Balaban J connectivity index is 2.10. The Kier molecular flexibility index (Phi) is 4.93. The molecule has 0 fully saturated rings. The molecule has 6 heteroatoms. The van der Waals surface area contributed by atoms with Gasteiger partial charge in [-0.15, -0.1) is 0 Å². The topological polar surface area (TPSA) is 47.6 Å². The highest BCUT2D eigenvalue weighted by Gasteiger charge is 2.10. The molecule has 0 radical (unpaired) electrons. The van der Waals surface area contributed by atoms with Crippen molar-refractivity contribution >= 4 is 5.91 Å². The molecule has 0 aromatic heterocycles. The van der Waals surface area contributed by atoms with E-state index in [1.165, 1.54) is 20.3 Å². The first kappa shape index (κ1) is 15.8. The van der Waals surface area contributed by atoms with Crippen molar-refractivity contribution in [3.05, 3.63) is 59.2 Å². The van der Waals surface area contributed by atoms with Gasteiger partial charge < -0.3 is 14.8 Å². The molecule has 0 aliphatic carbocycles. The van der Waals surface area contributed by atoms with Crippen LogP contribution in [0.2, 0.25) is 0 Å². The van der Waals surface area contributed by atoms with Gasteiger partial charge in [0.2, 0.25) is 0 Å². The van der Waals surface area contributed by atoms with Gasteiger partial charge in [-0.2, -0.15) is 0 Å². The molecule has 2 aromatic carbocycles. The molecule has 0 spiro atoms. The molecule has 0 heterocycles. The molecule has 0 bridgehead atoms. The van der Waals surface area contributed by atoms with E-state index in [9.17, 15) is 13.6 Å². The molecule has 0 aliphatic heterocycles. The van der Waals surface area contributed by atoms with E-state index < -0.39 is 11.6 Å². The third-order valence-corrected chi connectivity index (χ3v) is 3.05. The molecule has 1 amide bonds. The SMILES string of the molecule is COc1cc(OC)cc(C(=O)NCc2ccc(F)c(F)c2)c1. The molecule has 0 atom stereocenters. The van der Waals surface area contributed by atoms with Gasteiger partial charge in [-0.05, 0) is 29.8 Å². The average Bonchev–Trinajstić information content (AvgIpc) is 2.55. The van der Waals surface area contributed by atoms with Gasteiger partial charge in [0.05, 0.1) is 14.2 Å². The summed E-state index contributed by atoms with van der Waals surface area (Å²) in [4.78, 5) is 12.1. The van der Waals surface area contributed by atoms with Crippen LogP contribution in [0.1, 0.15) is 15.9 Å². The minimum absolute atomic E-state index is 0.0789. The zero-order chi connectivity index (χ0) is 16.1. The number of carbonyl (C=O) groups is 1. The second-order valence-corrected chi connectivity index (χ2v) is 4.53. The van der Waals surface area contributed by atoms with Crippen molar-refractivity contribution in [3.63, 3.8) is 0 Å². The van der Waals surface area contributed by atoms with Crippen LogP contribution in [-0.2, 0) is 6.54 Å². The highest BCUT2D eigenvalue weighted by molar-refractivity contribution is 5.95. The highest BCUT2D eigenvalue weighted by atomic mass is 19.2. The number of ether oxygens (including phenoxy) is 2. The Labute approximate surface area is 126 Å². The van der Waals surface area contributed by atoms with Gasteiger partial charge in [0.1, 0.15) is 11.5 Å². The van der Waals surface area contributed by atoms with Gasteiger partial charge in [-0.3, -0.25) is 4.79 Å². The van der Waals surface area contributed by atoms with Gasteiger partial charge in [0, 0.05) is 18.2 Å². The monoisotopic (exact) mass is 307 g/mol. The lowest BCUT2D eigenvalue weighted by molar-refractivity contribution is 0.0950. The quantitative estimate of drug-likeness (QED) is 0.924. The van der Waals surface area contributed by atoms with Crippen LogP contribution in [0.4, 0.5) is 8.78 Å². The van der Waals surface area contributed by atoms with E-state index in [1.807, 2.05) is 0 Å². The predicted octanol–water partition coefficient (Wildman–Crippen LogP) is 2.91. The summed E-state index contributed by atoms with van der Waals surface area (Å²) < 4.78 is 36.1. The third kappa shape index (κ3) is 3.72. The summed E-state index contributed by atoms with van der Waals surface area (Å²) in [6, 6.07) is 8.23. The number of halogens is 2. The molecule has 1 N–H and O–H groups in total. The molecule has 0 saturated carbocycles. The van der Waals surface area contributed by atoms with Gasteiger partial charge in [-0.25, -0.2) is 8.78 Å². The Morgan fingerprint density at radius 3 is 2.18 bits per heavy atom. The number of rotatable bonds is 5. The number of benzene rings is 2. The van der Waals surface area contributed by atoms with Crippen molar-refractivity contribution in [2.45, 2.75) is 6.54 Å². The van der Waals surface area contributed by atoms with Gasteiger partial charge in [0.15, 0.2) is 11.6 Å². The van der Waals surface area contributed by atoms with Crippen LogP contribution < -0.4 is 14.8 Å². The van der Waals surface area contributed by atoms with Crippen LogP contribution in [0, 0.1) is 11.6 Å². The molecule has 4 nitrogen and oxygen atoms in total. The fraction of sp³-hybridized carbons (Fsp3) is 0.188. The van der Waals surface area contributed by atoms with Crippen molar-refractivity contribution in [2.75, 3.05) is 14.2 Å². The summed E-state index contributed by atoms with van der Waals surface area (Å²) in [6.45, 7) is 0.0789. The maximum Gasteiger partial charge on any atom is 0.251 e. The zero-order valence-electron chi connectivity index (χ0n) is 12.2. The minimum atomic E-state index is -0.949. The lowest BCUT2D eigenvalue weighted by atomic mass is 10.1. The standard InChI is InChI=1S/C16H15F2NO3/c1-21-12-6-11(7-13(8-12)22-2)16(20)19-9-10-3-4-14(17)15(18)5-10/h3-8H,9H2,1-2H3,(H,19,20). The number of hydrogen-bond acceptors (Lipinski definition) is 3. The average molecular weight is 307 g/mol. The second-order valence-electron chi connectivity index (χ2n) is 4.53. The summed E-state index contributed by atoms with van der Waals surface area (Å²) >= 11 is 0. The molecular weight excluding hydrogens is 292 g/mol. The maximum atomic E-state index is 13.1. The van der Waals surface area contributed by atoms with Crippen molar-refractivity contribution in [3.8, 4) is 11.5 Å². The van der Waals surface area contributed by atoms with E-state index in [0.717, 1.165) is 12.1 Å². The van der Waals surface area contributed by atoms with Crippen LogP contribution >= 0.6 is 0 Å². The molecule has 0 unspecified atom stereocenters. The summed E-state index contributed by atoms with van der Waals surface area (Å²) in [5.74, 6) is -1.28. The first-order valence-electron chi connectivity index (χ1n) is 6.48. The van der Waals surface area contributed by atoms with Gasteiger partial charge in [-0.1, -0.05) is 6.07 Å². The van der Waals surface area contributed by atoms with Crippen LogP contribution in [0.15, 0.2) is 36.4 Å². The summed E-state index contributed by atoms with van der Waals surface area (Å²) in [7, 11) is 2.97. The third-order valence-electron chi connectivity index (χ3n) is 3.05. The van der Waals surface area contributed by atoms with Crippen molar-refractivity contribution < 1.29 is 23.0 Å². The molecule has 0 aliphatic rings. The summed E-state index contributed by atoms with van der Waals surface area (Å²) in [6.07, 6.45) is 0. The van der Waals surface area contributed by atoms with E-state index in [1.54, 1.807) is 18.2 Å². The number of amides is 1. The number of methoxy groups -OCH3 is 2. The van der Waals surface area contributed by atoms with E-state index in [-0.39, 0.29) is 12.5 Å². The van der Waals surface area contributed by atoms with Crippen LogP contribution in [-0.4, -0.2) is 20.1 Å². The Morgan fingerprint density at radius 1 is 1.00 bits per heavy atom. The zero-order valence-corrected chi connectivity index (χ0v) is 12.2. The Morgan fingerprint density at radius 2 is 1.64 bits per heavy atom. The van der Waals surface area contributed by atoms with Crippen molar-refractivity contribution in [1.29, 1.82) is 0 Å². The van der Waals surface area contributed by atoms with E-state index in [2.05, 4.69) is 5.32 Å².